The minimum Gasteiger partial charge on any atom is -0.469 e. The number of rotatable bonds is 5. The molecular weight excluding hydrogens is 218 g/mol. The summed E-state index contributed by atoms with van der Waals surface area (Å²) in [6.07, 6.45) is 6.53. The summed E-state index contributed by atoms with van der Waals surface area (Å²) in [4.78, 5) is 23.1. The Morgan fingerprint density at radius 2 is 1.94 bits per heavy atom. The molecule has 0 aromatic heterocycles. The van der Waals surface area contributed by atoms with Crippen LogP contribution in [0.3, 0.4) is 0 Å². The predicted octanol–water partition coefficient (Wildman–Crippen LogP) is 2.02. The van der Waals surface area contributed by atoms with Gasteiger partial charge in [-0.05, 0) is 19.3 Å². The van der Waals surface area contributed by atoms with E-state index in [0.717, 1.165) is 32.1 Å². The Labute approximate surface area is 103 Å². The molecule has 1 unspecified atom stereocenters. The van der Waals surface area contributed by atoms with E-state index in [4.69, 9.17) is 0 Å². The molecule has 0 aromatic rings. The Morgan fingerprint density at radius 3 is 2.47 bits per heavy atom. The summed E-state index contributed by atoms with van der Waals surface area (Å²) in [6.45, 7) is 1.97. The Kier molecular flexibility index (Phi) is 6.01. The van der Waals surface area contributed by atoms with Crippen LogP contribution in [0.15, 0.2) is 0 Å². The van der Waals surface area contributed by atoms with Crippen LogP contribution < -0.4 is 5.32 Å². The molecule has 0 bridgehead atoms. The van der Waals surface area contributed by atoms with E-state index in [1.165, 1.54) is 13.5 Å². The summed E-state index contributed by atoms with van der Waals surface area (Å²) in [5.74, 6) is -0.00306. The highest BCUT2D eigenvalue weighted by molar-refractivity contribution is 5.80. The largest absolute Gasteiger partial charge is 0.469 e. The van der Waals surface area contributed by atoms with E-state index < -0.39 is 0 Å². The van der Waals surface area contributed by atoms with Crippen LogP contribution in [0.1, 0.15) is 51.9 Å². The van der Waals surface area contributed by atoms with E-state index in [0.29, 0.717) is 0 Å². The molecule has 1 aliphatic rings. The molecule has 1 fully saturated rings. The van der Waals surface area contributed by atoms with Gasteiger partial charge < -0.3 is 10.1 Å². The zero-order valence-electron chi connectivity index (χ0n) is 10.8. The first-order valence-corrected chi connectivity index (χ1v) is 6.54. The van der Waals surface area contributed by atoms with Crippen LogP contribution in [0.2, 0.25) is 0 Å². The van der Waals surface area contributed by atoms with Gasteiger partial charge in [0.05, 0.1) is 13.5 Å². The first-order chi connectivity index (χ1) is 8.17. The van der Waals surface area contributed by atoms with Crippen molar-refractivity contribution in [3.63, 3.8) is 0 Å². The molecule has 1 amide bonds. The van der Waals surface area contributed by atoms with Gasteiger partial charge in [-0.25, -0.2) is 0 Å². The van der Waals surface area contributed by atoms with Gasteiger partial charge in [0.1, 0.15) is 0 Å². The van der Waals surface area contributed by atoms with Crippen molar-refractivity contribution in [1.29, 1.82) is 0 Å². The number of amides is 1. The lowest BCUT2D eigenvalue weighted by Crippen LogP contribution is -2.40. The van der Waals surface area contributed by atoms with Crippen LogP contribution in [0.5, 0.6) is 0 Å². The Balaban J connectivity index is 2.38. The van der Waals surface area contributed by atoms with Gasteiger partial charge in [-0.2, -0.15) is 0 Å². The van der Waals surface area contributed by atoms with Crippen LogP contribution in [0.25, 0.3) is 0 Å². The second kappa shape index (κ2) is 7.30. The zero-order chi connectivity index (χ0) is 12.7. The summed E-state index contributed by atoms with van der Waals surface area (Å²) in [5, 5.41) is 2.96. The van der Waals surface area contributed by atoms with Gasteiger partial charge in [0.25, 0.3) is 0 Å². The van der Waals surface area contributed by atoms with Crippen LogP contribution in [0.4, 0.5) is 0 Å². The lowest BCUT2D eigenvalue weighted by Gasteiger charge is -2.23. The highest BCUT2D eigenvalue weighted by Gasteiger charge is 2.23. The summed E-state index contributed by atoms with van der Waals surface area (Å²) in [7, 11) is 1.37. The lowest BCUT2D eigenvalue weighted by atomic mass is 9.88. The van der Waals surface area contributed by atoms with E-state index >= 15 is 0 Å². The van der Waals surface area contributed by atoms with Crippen LogP contribution in [-0.4, -0.2) is 25.0 Å². The van der Waals surface area contributed by atoms with Crippen molar-refractivity contribution in [2.45, 2.75) is 57.9 Å². The number of esters is 1. The van der Waals surface area contributed by atoms with Crippen molar-refractivity contribution in [2.24, 2.45) is 5.92 Å². The van der Waals surface area contributed by atoms with E-state index in [-0.39, 0.29) is 30.3 Å². The molecule has 1 rings (SSSR count). The molecule has 0 aliphatic heterocycles. The highest BCUT2D eigenvalue weighted by atomic mass is 16.5. The molecule has 98 valence electrons. The number of hydrogen-bond acceptors (Lipinski definition) is 3. The van der Waals surface area contributed by atoms with Crippen molar-refractivity contribution in [3.05, 3.63) is 0 Å². The lowest BCUT2D eigenvalue weighted by molar-refractivity contribution is -0.141. The van der Waals surface area contributed by atoms with Crippen molar-refractivity contribution in [2.75, 3.05) is 7.11 Å². The third-order valence-electron chi connectivity index (χ3n) is 3.46. The van der Waals surface area contributed by atoms with Crippen molar-refractivity contribution >= 4 is 11.9 Å². The topological polar surface area (TPSA) is 55.4 Å². The maximum Gasteiger partial charge on any atom is 0.307 e. The van der Waals surface area contributed by atoms with Crippen molar-refractivity contribution in [1.82, 2.24) is 5.32 Å². The van der Waals surface area contributed by atoms with Gasteiger partial charge in [-0.3, -0.25) is 9.59 Å². The summed E-state index contributed by atoms with van der Waals surface area (Å²) in [5.41, 5.74) is 0. The predicted molar refractivity (Wildman–Crippen MR) is 65.4 cm³/mol. The summed E-state index contributed by atoms with van der Waals surface area (Å²) < 4.78 is 4.62. The molecule has 0 spiro atoms. The first-order valence-electron chi connectivity index (χ1n) is 6.54. The second-order valence-corrected chi connectivity index (χ2v) is 4.73. The average molecular weight is 241 g/mol. The van der Waals surface area contributed by atoms with E-state index in [9.17, 15) is 9.59 Å². The van der Waals surface area contributed by atoms with E-state index in [2.05, 4.69) is 10.1 Å². The standard InChI is InChI=1S/C13H23NO3/c1-3-11(9-12(15)17-2)14-13(16)10-7-5-4-6-8-10/h10-11H,3-9H2,1-2H3,(H,14,16). The molecule has 0 saturated heterocycles. The molecule has 1 saturated carbocycles. The van der Waals surface area contributed by atoms with Crippen molar-refractivity contribution < 1.29 is 14.3 Å². The first kappa shape index (κ1) is 14.0. The fourth-order valence-corrected chi connectivity index (χ4v) is 2.27. The molecule has 0 heterocycles. The molecule has 1 aliphatic carbocycles. The summed E-state index contributed by atoms with van der Waals surface area (Å²) >= 11 is 0. The quantitative estimate of drug-likeness (QED) is 0.749. The third-order valence-corrected chi connectivity index (χ3v) is 3.46. The monoisotopic (exact) mass is 241 g/mol. The second-order valence-electron chi connectivity index (χ2n) is 4.73. The van der Waals surface area contributed by atoms with Gasteiger partial charge in [-0.15, -0.1) is 0 Å². The molecule has 4 nitrogen and oxygen atoms in total. The van der Waals surface area contributed by atoms with Gasteiger partial charge in [0, 0.05) is 12.0 Å². The minimum absolute atomic E-state index is 0.0862. The fourth-order valence-electron chi connectivity index (χ4n) is 2.27. The highest BCUT2D eigenvalue weighted by Crippen LogP contribution is 2.23. The molecular formula is C13H23NO3. The van der Waals surface area contributed by atoms with E-state index in [1.807, 2.05) is 6.92 Å². The van der Waals surface area contributed by atoms with Crippen LogP contribution in [-0.2, 0) is 14.3 Å². The molecule has 0 aromatic carbocycles. The molecule has 1 N–H and O–H groups in total. The molecule has 1 atom stereocenters. The van der Waals surface area contributed by atoms with Gasteiger partial charge in [0.15, 0.2) is 0 Å². The van der Waals surface area contributed by atoms with Gasteiger partial charge in [0.2, 0.25) is 5.91 Å². The number of methoxy groups -OCH3 is 1. The number of hydrogen-bond donors (Lipinski definition) is 1. The Morgan fingerprint density at radius 1 is 1.29 bits per heavy atom. The Bertz CT molecular complexity index is 259. The molecule has 4 heteroatoms. The van der Waals surface area contributed by atoms with E-state index in [1.54, 1.807) is 0 Å². The summed E-state index contributed by atoms with van der Waals surface area (Å²) in [6, 6.07) is -0.0862. The number of ether oxygens (including phenoxy) is 1. The minimum atomic E-state index is -0.263. The van der Waals surface area contributed by atoms with Crippen LogP contribution in [0, 0.1) is 5.92 Å². The average Bonchev–Trinajstić information content (AvgIpc) is 2.38. The maximum atomic E-state index is 12.0. The number of carbonyl (C=O) groups is 2. The fraction of sp³-hybridized carbons (Fsp3) is 0.846. The smallest absolute Gasteiger partial charge is 0.307 e. The van der Waals surface area contributed by atoms with Gasteiger partial charge >= 0.3 is 5.97 Å². The maximum absolute atomic E-state index is 12.0. The number of nitrogens with one attached hydrogen (secondary N) is 1. The molecule has 0 radical (unpaired) electrons. The molecule has 17 heavy (non-hydrogen) atoms. The van der Waals surface area contributed by atoms with Crippen LogP contribution >= 0.6 is 0 Å². The zero-order valence-corrected chi connectivity index (χ0v) is 10.8. The van der Waals surface area contributed by atoms with Gasteiger partial charge in [-0.1, -0.05) is 26.2 Å². The normalized spacial score (nSPS) is 18.5. The van der Waals surface area contributed by atoms with Crippen molar-refractivity contribution in [3.8, 4) is 0 Å². The number of carbonyl (C=O) groups excluding carboxylic acids is 2. The third kappa shape index (κ3) is 4.75. The Hall–Kier alpha value is -1.06. The SMILES string of the molecule is CCC(CC(=O)OC)NC(=O)C1CCCCC1.